The van der Waals surface area contributed by atoms with Crippen LogP contribution in [-0.4, -0.2) is 67.1 Å². The van der Waals surface area contributed by atoms with Gasteiger partial charge in [-0.1, -0.05) is 0 Å². The van der Waals surface area contributed by atoms with Crippen molar-refractivity contribution in [3.63, 3.8) is 0 Å². The number of amides is 1. The number of nitrogens with zero attached hydrogens (tertiary/aromatic N) is 2. The standard InChI is InChI=1S/C18H24F4N4O2.C2HF3O2/c1-28-17-12(9-24-16(27)14-3-2-5-23-14)7-13(19)15(25-17)26-6-4-11(10-26)8-18(20,21)22;3-2(4,5)1(6)7/h7,11,14,23H,2-6,8-10H2,1H3,(H,24,27);(H,6,7)/t11?,14-;/m0./s1. The van der Waals surface area contributed by atoms with Crippen LogP contribution in [0.3, 0.4) is 0 Å². The van der Waals surface area contributed by atoms with E-state index in [4.69, 9.17) is 14.6 Å². The van der Waals surface area contributed by atoms with E-state index in [0.29, 0.717) is 18.5 Å². The molecule has 1 amide bonds. The van der Waals surface area contributed by atoms with E-state index < -0.39 is 36.5 Å². The fraction of sp³-hybridized carbons (Fsp3) is 0.650. The summed E-state index contributed by atoms with van der Waals surface area (Å²) in [6, 6.07) is 0.971. The monoisotopic (exact) mass is 518 g/mol. The van der Waals surface area contributed by atoms with Gasteiger partial charge >= 0.3 is 18.3 Å². The van der Waals surface area contributed by atoms with Crippen LogP contribution < -0.4 is 20.3 Å². The Labute approximate surface area is 195 Å². The molecule has 1 unspecified atom stereocenters. The molecule has 3 rings (SSSR count). The third kappa shape index (κ3) is 8.71. The smallest absolute Gasteiger partial charge is 0.481 e. The minimum absolute atomic E-state index is 0.0194. The number of rotatable bonds is 6. The summed E-state index contributed by atoms with van der Waals surface area (Å²) in [6.07, 6.45) is -8.20. The number of nitrogens with one attached hydrogen (secondary N) is 2. The molecule has 2 aliphatic rings. The van der Waals surface area contributed by atoms with Gasteiger partial charge in [0.05, 0.1) is 13.2 Å². The maximum Gasteiger partial charge on any atom is 0.490 e. The third-order valence-electron chi connectivity index (χ3n) is 5.37. The number of aromatic nitrogens is 1. The summed E-state index contributed by atoms with van der Waals surface area (Å²) in [6.45, 7) is 1.24. The molecule has 1 aromatic heterocycles. The van der Waals surface area contributed by atoms with Gasteiger partial charge in [0.25, 0.3) is 0 Å². The van der Waals surface area contributed by atoms with Crippen molar-refractivity contribution >= 4 is 17.7 Å². The summed E-state index contributed by atoms with van der Waals surface area (Å²) in [5.41, 5.74) is 0.376. The van der Waals surface area contributed by atoms with E-state index in [1.165, 1.54) is 18.1 Å². The van der Waals surface area contributed by atoms with Crippen LogP contribution in [0.2, 0.25) is 0 Å². The first-order chi connectivity index (χ1) is 16.2. The number of methoxy groups -OCH3 is 1. The molecule has 2 saturated heterocycles. The van der Waals surface area contributed by atoms with E-state index in [-0.39, 0.29) is 36.7 Å². The fourth-order valence-corrected chi connectivity index (χ4v) is 3.76. The quantitative estimate of drug-likeness (QED) is 0.498. The lowest BCUT2D eigenvalue weighted by Gasteiger charge is -2.20. The Hall–Kier alpha value is -2.84. The number of hydrogen-bond acceptors (Lipinski definition) is 6. The number of halogens is 7. The number of carbonyl (C=O) groups excluding carboxylic acids is 1. The highest BCUT2D eigenvalue weighted by molar-refractivity contribution is 5.82. The van der Waals surface area contributed by atoms with Crippen LogP contribution in [0.5, 0.6) is 5.88 Å². The molecule has 0 spiro atoms. The van der Waals surface area contributed by atoms with Gasteiger partial charge in [-0.15, -0.1) is 0 Å². The van der Waals surface area contributed by atoms with Crippen molar-refractivity contribution in [1.29, 1.82) is 0 Å². The molecule has 198 valence electrons. The lowest BCUT2D eigenvalue weighted by molar-refractivity contribution is -0.192. The summed E-state index contributed by atoms with van der Waals surface area (Å²) in [5.74, 6) is -4.02. The highest BCUT2D eigenvalue weighted by Gasteiger charge is 2.38. The van der Waals surface area contributed by atoms with Gasteiger partial charge in [0.2, 0.25) is 11.8 Å². The number of aliphatic carboxylic acids is 1. The lowest BCUT2D eigenvalue weighted by Crippen LogP contribution is -2.40. The van der Waals surface area contributed by atoms with E-state index >= 15 is 0 Å². The van der Waals surface area contributed by atoms with Crippen LogP contribution in [-0.2, 0) is 16.1 Å². The van der Waals surface area contributed by atoms with Gasteiger partial charge in [0, 0.05) is 31.6 Å². The minimum atomic E-state index is -5.08. The zero-order valence-electron chi connectivity index (χ0n) is 18.6. The zero-order valence-corrected chi connectivity index (χ0v) is 18.6. The van der Waals surface area contributed by atoms with Crippen molar-refractivity contribution in [2.24, 2.45) is 5.92 Å². The third-order valence-corrected chi connectivity index (χ3v) is 5.37. The van der Waals surface area contributed by atoms with E-state index in [2.05, 4.69) is 15.6 Å². The predicted octanol–water partition coefficient (Wildman–Crippen LogP) is 3.01. The molecule has 35 heavy (non-hydrogen) atoms. The summed E-state index contributed by atoms with van der Waals surface area (Å²) in [4.78, 5) is 26.7. The Bertz CT molecular complexity index is 889. The highest BCUT2D eigenvalue weighted by atomic mass is 19.4. The van der Waals surface area contributed by atoms with Gasteiger partial charge in [-0.3, -0.25) is 4.79 Å². The van der Waals surface area contributed by atoms with Gasteiger partial charge in [-0.2, -0.15) is 31.3 Å². The van der Waals surface area contributed by atoms with Crippen molar-refractivity contribution in [1.82, 2.24) is 15.6 Å². The Balaban J connectivity index is 0.000000540. The maximum absolute atomic E-state index is 14.6. The average Bonchev–Trinajstić information content (AvgIpc) is 3.43. The van der Waals surface area contributed by atoms with Crippen molar-refractivity contribution in [2.45, 2.75) is 50.6 Å². The summed E-state index contributed by atoms with van der Waals surface area (Å²) >= 11 is 0. The van der Waals surface area contributed by atoms with Crippen LogP contribution in [0.4, 0.5) is 36.6 Å². The van der Waals surface area contributed by atoms with Crippen LogP contribution in [0, 0.1) is 11.7 Å². The first-order valence-electron chi connectivity index (χ1n) is 10.6. The van der Waals surface area contributed by atoms with Crippen molar-refractivity contribution in [3.8, 4) is 5.88 Å². The maximum atomic E-state index is 14.6. The number of carbonyl (C=O) groups is 2. The molecule has 2 fully saturated rings. The molecule has 0 bridgehead atoms. The average molecular weight is 518 g/mol. The summed E-state index contributed by atoms with van der Waals surface area (Å²) in [5, 5.41) is 12.9. The van der Waals surface area contributed by atoms with Crippen LogP contribution in [0.25, 0.3) is 0 Å². The Morgan fingerprint density at radius 3 is 2.43 bits per heavy atom. The molecule has 15 heteroatoms. The largest absolute Gasteiger partial charge is 0.490 e. The first kappa shape index (κ1) is 28.4. The molecule has 8 nitrogen and oxygen atoms in total. The molecule has 3 N–H and O–H groups in total. The van der Waals surface area contributed by atoms with Gasteiger partial charge < -0.3 is 25.4 Å². The second kappa shape index (κ2) is 11.7. The van der Waals surface area contributed by atoms with Crippen molar-refractivity contribution < 1.29 is 50.2 Å². The molecule has 0 saturated carbocycles. The topological polar surface area (TPSA) is 104 Å². The molecular formula is C20H25F7N4O4. The molecule has 2 aliphatic heterocycles. The fourth-order valence-electron chi connectivity index (χ4n) is 3.76. The Morgan fingerprint density at radius 2 is 1.91 bits per heavy atom. The number of carboxylic acid groups (broad SMARTS) is 1. The Kier molecular flexibility index (Phi) is 9.52. The second-order valence-corrected chi connectivity index (χ2v) is 8.05. The van der Waals surface area contributed by atoms with E-state index in [0.717, 1.165) is 19.4 Å². The van der Waals surface area contributed by atoms with Crippen molar-refractivity contribution in [2.75, 3.05) is 31.6 Å². The summed E-state index contributed by atoms with van der Waals surface area (Å²) < 4.78 is 89.3. The van der Waals surface area contributed by atoms with E-state index in [9.17, 15) is 35.5 Å². The van der Waals surface area contributed by atoms with E-state index in [1.54, 1.807) is 0 Å². The zero-order chi connectivity index (χ0) is 26.4. The van der Waals surface area contributed by atoms with Gasteiger partial charge in [-0.25, -0.2) is 9.18 Å². The van der Waals surface area contributed by atoms with Gasteiger partial charge in [0.1, 0.15) is 0 Å². The summed E-state index contributed by atoms with van der Waals surface area (Å²) in [7, 11) is 1.38. The minimum Gasteiger partial charge on any atom is -0.481 e. The second-order valence-electron chi connectivity index (χ2n) is 8.05. The normalized spacial score (nSPS) is 20.3. The highest BCUT2D eigenvalue weighted by Crippen LogP contribution is 2.34. The molecule has 2 atom stereocenters. The molecule has 0 aliphatic carbocycles. The Morgan fingerprint density at radius 1 is 1.26 bits per heavy atom. The lowest BCUT2D eigenvalue weighted by atomic mass is 10.1. The SMILES string of the molecule is COc1nc(N2CCC(CC(F)(F)F)C2)c(F)cc1CNC(=O)[C@@H]1CCCN1.O=C(O)C(F)(F)F. The molecule has 1 aromatic rings. The molecule has 3 heterocycles. The van der Waals surface area contributed by atoms with Crippen LogP contribution in [0.15, 0.2) is 6.07 Å². The van der Waals surface area contributed by atoms with Crippen molar-refractivity contribution in [3.05, 3.63) is 17.4 Å². The number of hydrogen-bond donors (Lipinski definition) is 3. The van der Waals surface area contributed by atoms with Crippen LogP contribution >= 0.6 is 0 Å². The molecule has 0 aromatic carbocycles. The van der Waals surface area contributed by atoms with Gasteiger partial charge in [0.15, 0.2) is 11.6 Å². The predicted molar refractivity (Wildman–Crippen MR) is 108 cm³/mol. The van der Waals surface area contributed by atoms with Crippen LogP contribution in [0.1, 0.15) is 31.2 Å². The number of alkyl halides is 6. The molecule has 0 radical (unpaired) electrons. The number of anilines is 1. The van der Waals surface area contributed by atoms with Gasteiger partial charge in [-0.05, 0) is 37.8 Å². The number of pyridine rings is 1. The van der Waals surface area contributed by atoms with E-state index in [1.807, 2.05) is 0 Å². The number of carboxylic acids is 1. The number of ether oxygens (including phenoxy) is 1. The molecular weight excluding hydrogens is 493 g/mol. The first-order valence-corrected chi connectivity index (χ1v) is 10.6.